The summed E-state index contributed by atoms with van der Waals surface area (Å²) in [6.07, 6.45) is 1.77. The molecule has 0 saturated heterocycles. The van der Waals surface area contributed by atoms with Crippen LogP contribution in [0.4, 0.5) is 5.13 Å². The molecule has 1 aromatic carbocycles. The average Bonchev–Trinajstić information content (AvgIpc) is 3.18. The summed E-state index contributed by atoms with van der Waals surface area (Å²) < 4.78 is 5.16. The Bertz CT molecular complexity index is 980. The molecule has 0 N–H and O–H groups in total. The molecule has 3 rings (SSSR count). The van der Waals surface area contributed by atoms with E-state index < -0.39 is 0 Å². The number of pyridine rings is 1. The van der Waals surface area contributed by atoms with Crippen LogP contribution in [0, 0.1) is 0 Å². The lowest BCUT2D eigenvalue weighted by Crippen LogP contribution is -2.32. The highest BCUT2D eigenvalue weighted by atomic mass is 35.5. The number of amides is 1. The number of carbonyl (C=O) groups excluding carboxylic acids is 1. The van der Waals surface area contributed by atoms with Crippen molar-refractivity contribution in [1.29, 1.82) is 0 Å². The van der Waals surface area contributed by atoms with Crippen LogP contribution in [0.2, 0.25) is 10.2 Å². The van der Waals surface area contributed by atoms with Crippen molar-refractivity contribution in [1.82, 2.24) is 15.2 Å². The monoisotopic (exact) mass is 436 g/mol. The van der Waals surface area contributed by atoms with Crippen LogP contribution in [-0.4, -0.2) is 34.7 Å². The van der Waals surface area contributed by atoms with Crippen molar-refractivity contribution >= 4 is 45.6 Å². The third kappa shape index (κ3) is 4.60. The van der Waals surface area contributed by atoms with E-state index in [0.717, 1.165) is 18.4 Å². The topological polar surface area (TPSA) is 68.2 Å². The maximum atomic E-state index is 13.1. The van der Waals surface area contributed by atoms with Gasteiger partial charge >= 0.3 is 0 Å². The number of nitrogens with zero attached hydrogens (tertiary/aromatic N) is 4. The molecule has 0 aliphatic rings. The Morgan fingerprint density at radius 3 is 2.71 bits per heavy atom. The summed E-state index contributed by atoms with van der Waals surface area (Å²) in [6, 6.07) is 10.4. The molecule has 3 aromatic rings. The van der Waals surface area contributed by atoms with Crippen LogP contribution >= 0.6 is 34.5 Å². The predicted octanol–water partition coefficient (Wildman–Crippen LogP) is 5.36. The van der Waals surface area contributed by atoms with Crippen molar-refractivity contribution in [3.8, 4) is 16.5 Å². The first-order valence-electron chi connectivity index (χ1n) is 8.65. The third-order valence-corrected chi connectivity index (χ3v) is 5.48. The molecule has 1 amide bonds. The van der Waals surface area contributed by atoms with Gasteiger partial charge in [0.05, 0.1) is 17.7 Å². The fourth-order valence-electron chi connectivity index (χ4n) is 2.52. The molecule has 28 heavy (non-hydrogen) atoms. The molecular weight excluding hydrogens is 419 g/mol. The predicted molar refractivity (Wildman–Crippen MR) is 113 cm³/mol. The molecule has 146 valence electrons. The van der Waals surface area contributed by atoms with E-state index in [4.69, 9.17) is 27.9 Å². The zero-order valence-corrected chi connectivity index (χ0v) is 17.7. The highest BCUT2D eigenvalue weighted by Crippen LogP contribution is 2.33. The highest BCUT2D eigenvalue weighted by molar-refractivity contribution is 7.18. The van der Waals surface area contributed by atoms with Gasteiger partial charge in [-0.15, -0.1) is 10.2 Å². The number of hydrogen-bond donors (Lipinski definition) is 0. The van der Waals surface area contributed by atoms with E-state index in [2.05, 4.69) is 22.1 Å². The molecule has 0 saturated carbocycles. The summed E-state index contributed by atoms with van der Waals surface area (Å²) in [5.41, 5.74) is 1.16. The average molecular weight is 437 g/mol. The normalized spacial score (nSPS) is 10.7. The minimum atomic E-state index is -0.202. The van der Waals surface area contributed by atoms with Gasteiger partial charge in [-0.25, -0.2) is 4.98 Å². The van der Waals surface area contributed by atoms with Gasteiger partial charge in [0.15, 0.2) is 0 Å². The largest absolute Gasteiger partial charge is 0.481 e. The molecule has 2 aromatic heterocycles. The van der Waals surface area contributed by atoms with Gasteiger partial charge in [0.1, 0.15) is 10.2 Å². The fraction of sp³-hybridized carbons (Fsp3) is 0.263. The van der Waals surface area contributed by atoms with Gasteiger partial charge in [-0.05, 0) is 24.6 Å². The molecule has 0 atom stereocenters. The third-order valence-electron chi connectivity index (χ3n) is 3.96. The lowest BCUT2D eigenvalue weighted by molar-refractivity contribution is 0.0986. The van der Waals surface area contributed by atoms with E-state index in [0.29, 0.717) is 38.3 Å². The van der Waals surface area contributed by atoms with Crippen molar-refractivity contribution in [3.05, 3.63) is 52.1 Å². The Kier molecular flexibility index (Phi) is 6.83. The van der Waals surface area contributed by atoms with Crippen molar-refractivity contribution in [3.63, 3.8) is 0 Å². The number of aromatic nitrogens is 3. The summed E-state index contributed by atoms with van der Waals surface area (Å²) >= 11 is 13.6. The van der Waals surface area contributed by atoms with Crippen molar-refractivity contribution in [2.45, 2.75) is 19.8 Å². The Balaban J connectivity index is 1.95. The molecule has 9 heteroatoms. The van der Waals surface area contributed by atoms with Gasteiger partial charge in [-0.1, -0.05) is 60.0 Å². The molecule has 6 nitrogen and oxygen atoms in total. The number of benzene rings is 1. The van der Waals surface area contributed by atoms with Crippen LogP contribution in [-0.2, 0) is 0 Å². The maximum absolute atomic E-state index is 13.1. The lowest BCUT2D eigenvalue weighted by atomic mass is 10.2. The zero-order chi connectivity index (χ0) is 20.1. The molecule has 0 aliphatic carbocycles. The smallest absolute Gasteiger partial charge is 0.261 e. The molecular formula is C19H18Cl2N4O2S. The van der Waals surface area contributed by atoms with Gasteiger partial charge in [-0.3, -0.25) is 9.69 Å². The molecule has 0 bridgehead atoms. The number of carbonyl (C=O) groups is 1. The van der Waals surface area contributed by atoms with Gasteiger partial charge in [0.2, 0.25) is 11.0 Å². The Morgan fingerprint density at radius 1 is 1.21 bits per heavy atom. The number of rotatable bonds is 7. The second kappa shape index (κ2) is 9.32. The highest BCUT2D eigenvalue weighted by Gasteiger charge is 2.23. The van der Waals surface area contributed by atoms with Crippen LogP contribution < -0.4 is 9.64 Å². The summed E-state index contributed by atoms with van der Waals surface area (Å²) in [5, 5.41) is 10.3. The van der Waals surface area contributed by atoms with Crippen LogP contribution in [0.5, 0.6) is 5.88 Å². The van der Waals surface area contributed by atoms with Crippen LogP contribution in [0.25, 0.3) is 10.6 Å². The lowest BCUT2D eigenvalue weighted by Gasteiger charge is -2.19. The van der Waals surface area contributed by atoms with Crippen molar-refractivity contribution < 1.29 is 9.53 Å². The number of hydrogen-bond acceptors (Lipinski definition) is 6. The summed E-state index contributed by atoms with van der Waals surface area (Å²) in [7, 11) is 1.52. The minimum Gasteiger partial charge on any atom is -0.481 e. The van der Waals surface area contributed by atoms with Crippen LogP contribution in [0.15, 0.2) is 36.4 Å². The van der Waals surface area contributed by atoms with E-state index in [1.807, 2.05) is 0 Å². The molecule has 0 spiro atoms. The number of anilines is 1. The number of unbranched alkanes of at least 4 members (excludes halogenated alkanes) is 1. The van der Waals surface area contributed by atoms with E-state index in [-0.39, 0.29) is 5.91 Å². The van der Waals surface area contributed by atoms with E-state index in [1.54, 1.807) is 41.3 Å². The minimum absolute atomic E-state index is 0.202. The van der Waals surface area contributed by atoms with E-state index in [9.17, 15) is 4.79 Å². The van der Waals surface area contributed by atoms with E-state index >= 15 is 0 Å². The molecule has 0 fully saturated rings. The Morgan fingerprint density at radius 2 is 2.00 bits per heavy atom. The van der Waals surface area contributed by atoms with Gasteiger partial charge < -0.3 is 4.74 Å². The zero-order valence-electron chi connectivity index (χ0n) is 15.4. The van der Waals surface area contributed by atoms with Gasteiger partial charge in [0.25, 0.3) is 5.91 Å². The summed E-state index contributed by atoms with van der Waals surface area (Å²) in [6.45, 7) is 2.59. The molecule has 0 aliphatic heterocycles. The summed E-state index contributed by atoms with van der Waals surface area (Å²) in [4.78, 5) is 18.8. The molecule has 0 unspecified atom stereocenters. The first-order valence-corrected chi connectivity index (χ1v) is 10.2. The maximum Gasteiger partial charge on any atom is 0.261 e. The number of halogens is 2. The number of methoxy groups -OCH3 is 1. The van der Waals surface area contributed by atoms with Crippen molar-refractivity contribution in [2.75, 3.05) is 18.6 Å². The fourth-order valence-corrected chi connectivity index (χ4v) is 3.80. The Labute approximate surface area is 177 Å². The summed E-state index contributed by atoms with van der Waals surface area (Å²) in [5.74, 6) is 0.182. The SMILES string of the molecule is CCCCN(C(=O)c1ccccc1Cl)c1nnc(-c2cc(Cl)nc(OC)c2)s1. The van der Waals surface area contributed by atoms with Crippen LogP contribution in [0.3, 0.4) is 0 Å². The Hall–Kier alpha value is -2.22. The molecule has 0 radical (unpaired) electrons. The molecule has 2 heterocycles. The van der Waals surface area contributed by atoms with Crippen LogP contribution in [0.1, 0.15) is 30.1 Å². The second-order valence-corrected chi connectivity index (χ2v) is 7.65. The van der Waals surface area contributed by atoms with Gasteiger partial charge in [-0.2, -0.15) is 0 Å². The number of ether oxygens (including phenoxy) is 1. The second-order valence-electron chi connectivity index (χ2n) is 5.90. The first-order chi connectivity index (χ1) is 13.5. The standard InChI is InChI=1S/C19H18Cl2N4O2S/c1-3-4-9-25(18(26)13-7-5-6-8-14(13)20)19-24-23-17(28-19)12-10-15(21)22-16(11-12)27-2/h5-8,10-11H,3-4,9H2,1-2H3. The quantitative estimate of drug-likeness (QED) is 0.466. The van der Waals surface area contributed by atoms with Crippen molar-refractivity contribution in [2.24, 2.45) is 0 Å². The van der Waals surface area contributed by atoms with Gasteiger partial charge in [0, 0.05) is 18.2 Å². The first kappa shape index (κ1) is 20.5. The van der Waals surface area contributed by atoms with E-state index in [1.165, 1.54) is 18.4 Å².